The highest BCUT2D eigenvalue weighted by atomic mass is 32.2. The van der Waals surface area contributed by atoms with Crippen molar-refractivity contribution in [1.29, 1.82) is 0 Å². The number of thioether (sulfide) groups is 1. The number of fused-ring (bicyclic) bond motifs is 1. The minimum absolute atomic E-state index is 0.0827. The fraction of sp³-hybridized carbons (Fsp3) is 0.286. The summed E-state index contributed by atoms with van der Waals surface area (Å²) in [5, 5.41) is 0. The quantitative estimate of drug-likeness (QED) is 0.571. The van der Waals surface area contributed by atoms with Crippen molar-refractivity contribution in [3.63, 3.8) is 0 Å². The van der Waals surface area contributed by atoms with Gasteiger partial charge < -0.3 is 9.64 Å². The number of ether oxygens (including phenoxy) is 1. The first-order valence-electron chi connectivity index (χ1n) is 8.98. The maximum Gasteiger partial charge on any atom is 0.330 e. The summed E-state index contributed by atoms with van der Waals surface area (Å²) in [6.45, 7) is -0.438. The lowest BCUT2D eigenvalue weighted by atomic mass is 10.0. The van der Waals surface area contributed by atoms with Crippen molar-refractivity contribution in [3.8, 4) is 0 Å². The molecule has 2 aliphatic rings. The molecule has 0 bridgehead atoms. The molecule has 2 aliphatic heterocycles. The first-order chi connectivity index (χ1) is 13.5. The van der Waals surface area contributed by atoms with Crippen LogP contribution in [0.15, 0.2) is 54.6 Å². The number of carbonyl (C=O) groups is 3. The van der Waals surface area contributed by atoms with E-state index in [1.165, 1.54) is 24.3 Å². The van der Waals surface area contributed by atoms with E-state index >= 15 is 0 Å². The highest BCUT2D eigenvalue weighted by Crippen LogP contribution is 2.54. The van der Waals surface area contributed by atoms with Crippen molar-refractivity contribution in [2.75, 3.05) is 12.4 Å². The lowest BCUT2D eigenvalue weighted by molar-refractivity contribution is -0.152. The van der Waals surface area contributed by atoms with Crippen molar-refractivity contribution in [2.45, 2.75) is 23.8 Å². The molecule has 0 aromatic heterocycles. The summed E-state index contributed by atoms with van der Waals surface area (Å²) in [6, 6.07) is 14.0. The van der Waals surface area contributed by atoms with Crippen LogP contribution < -0.4 is 0 Å². The third-order valence-electron chi connectivity index (χ3n) is 5.14. The zero-order valence-electron chi connectivity index (χ0n) is 15.0. The van der Waals surface area contributed by atoms with Gasteiger partial charge in [-0.1, -0.05) is 30.3 Å². The van der Waals surface area contributed by atoms with Gasteiger partial charge in [-0.2, -0.15) is 0 Å². The van der Waals surface area contributed by atoms with E-state index in [-0.39, 0.29) is 11.5 Å². The molecule has 0 N–H and O–H groups in total. The van der Waals surface area contributed by atoms with Crippen LogP contribution in [0.2, 0.25) is 0 Å². The maximum atomic E-state index is 13.0. The Bertz CT molecular complexity index is 918. The molecule has 2 saturated heterocycles. The van der Waals surface area contributed by atoms with Crippen LogP contribution in [0.5, 0.6) is 0 Å². The number of rotatable bonds is 5. The molecule has 2 aromatic carbocycles. The van der Waals surface area contributed by atoms with Gasteiger partial charge in [-0.15, -0.1) is 11.8 Å². The first-order valence-corrected chi connectivity index (χ1v) is 9.97. The van der Waals surface area contributed by atoms with Crippen LogP contribution in [0.4, 0.5) is 4.39 Å². The molecule has 0 aliphatic carbocycles. The molecule has 2 aromatic rings. The van der Waals surface area contributed by atoms with E-state index in [1.54, 1.807) is 16.7 Å². The zero-order chi connectivity index (χ0) is 19.7. The monoisotopic (exact) mass is 399 g/mol. The summed E-state index contributed by atoms with van der Waals surface area (Å²) in [7, 11) is 0. The second kappa shape index (κ2) is 7.39. The van der Waals surface area contributed by atoms with Crippen molar-refractivity contribution in [3.05, 3.63) is 71.5 Å². The molecule has 28 heavy (non-hydrogen) atoms. The number of Topliss-reactive ketones (excluding diaryl/α,β-unsaturated/α-hetero) is 1. The fourth-order valence-electron chi connectivity index (χ4n) is 3.77. The van der Waals surface area contributed by atoms with E-state index in [4.69, 9.17) is 4.74 Å². The van der Waals surface area contributed by atoms with E-state index in [0.29, 0.717) is 18.6 Å². The van der Waals surface area contributed by atoms with Gasteiger partial charge in [-0.3, -0.25) is 9.59 Å². The number of ketones is 1. The lowest BCUT2D eigenvalue weighted by Gasteiger charge is -2.33. The Labute approximate surface area is 165 Å². The third-order valence-corrected chi connectivity index (χ3v) is 6.73. The number of nitrogens with zero attached hydrogens (tertiary/aromatic N) is 1. The van der Waals surface area contributed by atoms with Crippen LogP contribution in [0.25, 0.3) is 0 Å². The van der Waals surface area contributed by atoms with E-state index in [9.17, 15) is 18.8 Å². The van der Waals surface area contributed by atoms with Crippen LogP contribution in [0, 0.1) is 5.82 Å². The fourth-order valence-corrected chi connectivity index (χ4v) is 5.40. The summed E-state index contributed by atoms with van der Waals surface area (Å²) in [5.41, 5.74) is 1.26. The molecule has 0 saturated carbocycles. The predicted molar refractivity (Wildman–Crippen MR) is 102 cm³/mol. The van der Waals surface area contributed by atoms with Gasteiger partial charge in [0.1, 0.15) is 16.7 Å². The van der Waals surface area contributed by atoms with Gasteiger partial charge >= 0.3 is 5.97 Å². The Morgan fingerprint density at radius 3 is 2.57 bits per heavy atom. The Kier molecular flexibility index (Phi) is 4.93. The number of carbonyl (C=O) groups excluding carboxylic acids is 3. The number of hydrogen-bond donors (Lipinski definition) is 0. The number of hydrogen-bond acceptors (Lipinski definition) is 5. The number of esters is 1. The molecule has 2 fully saturated rings. The summed E-state index contributed by atoms with van der Waals surface area (Å²) in [5.74, 6) is -1.11. The molecule has 0 unspecified atom stereocenters. The van der Waals surface area contributed by atoms with Gasteiger partial charge in [-0.25, -0.2) is 9.18 Å². The third kappa shape index (κ3) is 3.20. The minimum Gasteiger partial charge on any atom is -0.456 e. The molecular weight excluding hydrogens is 381 g/mol. The highest BCUT2D eigenvalue weighted by molar-refractivity contribution is 8.00. The van der Waals surface area contributed by atoms with Crippen molar-refractivity contribution < 1.29 is 23.5 Å². The average Bonchev–Trinajstić information content (AvgIpc) is 3.26. The van der Waals surface area contributed by atoms with Crippen LogP contribution in [-0.2, 0) is 19.2 Å². The standard InChI is InChI=1S/C21H18FNO4S/c22-16-8-6-14(7-9-16)18(24)12-27-20(26)17-13-28-21(11-10-19(25)23(17)21)15-4-2-1-3-5-15/h1-9,17H,10-13H2/t17-,21+/m0/s1. The van der Waals surface area contributed by atoms with Gasteiger partial charge in [0.15, 0.2) is 12.4 Å². The normalized spacial score (nSPS) is 23.5. The van der Waals surface area contributed by atoms with Crippen LogP contribution in [0.1, 0.15) is 28.8 Å². The number of halogens is 1. The molecule has 0 radical (unpaired) electrons. The van der Waals surface area contributed by atoms with Gasteiger partial charge in [0.2, 0.25) is 5.91 Å². The summed E-state index contributed by atoms with van der Waals surface area (Å²) >= 11 is 1.56. The Morgan fingerprint density at radius 2 is 1.86 bits per heavy atom. The van der Waals surface area contributed by atoms with Crippen molar-refractivity contribution >= 4 is 29.4 Å². The second-order valence-electron chi connectivity index (χ2n) is 6.78. The van der Waals surface area contributed by atoms with E-state index in [0.717, 1.165) is 5.56 Å². The topological polar surface area (TPSA) is 63.7 Å². The van der Waals surface area contributed by atoms with E-state index in [1.807, 2.05) is 30.3 Å². The smallest absolute Gasteiger partial charge is 0.330 e. The van der Waals surface area contributed by atoms with Crippen molar-refractivity contribution in [1.82, 2.24) is 4.90 Å². The molecule has 144 valence electrons. The van der Waals surface area contributed by atoms with Crippen LogP contribution in [-0.4, -0.2) is 41.0 Å². The zero-order valence-corrected chi connectivity index (χ0v) is 15.8. The number of amides is 1. The Hall–Kier alpha value is -2.67. The Morgan fingerprint density at radius 1 is 1.14 bits per heavy atom. The lowest BCUT2D eigenvalue weighted by Crippen LogP contribution is -2.47. The maximum absolute atomic E-state index is 13.0. The average molecular weight is 399 g/mol. The Balaban J connectivity index is 1.47. The largest absolute Gasteiger partial charge is 0.456 e. The van der Waals surface area contributed by atoms with Gasteiger partial charge in [-0.05, 0) is 36.2 Å². The van der Waals surface area contributed by atoms with Gasteiger partial charge in [0.25, 0.3) is 0 Å². The highest BCUT2D eigenvalue weighted by Gasteiger charge is 2.57. The van der Waals surface area contributed by atoms with E-state index < -0.39 is 35.1 Å². The van der Waals surface area contributed by atoms with Gasteiger partial charge in [0.05, 0.1) is 0 Å². The summed E-state index contributed by atoms with van der Waals surface area (Å²) in [4.78, 5) is 38.4. The first kappa shape index (κ1) is 18.7. The molecule has 2 atom stereocenters. The molecular formula is C21H18FNO4S. The molecule has 4 rings (SSSR count). The molecule has 1 amide bonds. The van der Waals surface area contributed by atoms with Crippen LogP contribution in [0.3, 0.4) is 0 Å². The molecule has 2 heterocycles. The minimum atomic E-state index is -0.721. The van der Waals surface area contributed by atoms with Crippen molar-refractivity contribution in [2.24, 2.45) is 0 Å². The molecule has 5 nitrogen and oxygen atoms in total. The molecule has 0 spiro atoms. The second-order valence-corrected chi connectivity index (χ2v) is 8.08. The summed E-state index contributed by atoms with van der Waals surface area (Å²) < 4.78 is 18.2. The predicted octanol–water partition coefficient (Wildman–Crippen LogP) is 3.14. The van der Waals surface area contributed by atoms with Gasteiger partial charge in [0, 0.05) is 17.7 Å². The SMILES string of the molecule is O=C(COC(=O)[C@@H]1CS[C@@]2(c3ccccc3)CCC(=O)N12)c1ccc(F)cc1. The van der Waals surface area contributed by atoms with E-state index in [2.05, 4.69) is 0 Å². The molecule has 7 heteroatoms. The van der Waals surface area contributed by atoms with Crippen LogP contribution >= 0.6 is 11.8 Å². The summed E-state index contributed by atoms with van der Waals surface area (Å²) in [6.07, 6.45) is 1.01. The number of benzene rings is 2.